The predicted molar refractivity (Wildman–Crippen MR) is 113 cm³/mol. The minimum atomic E-state index is 0.420. The topological polar surface area (TPSA) is 101 Å². The smallest absolute Gasteiger partial charge is 0.207 e. The first-order valence-corrected chi connectivity index (χ1v) is 10.1. The molecule has 3 aromatic rings. The number of aromatic nitrogens is 3. The van der Waals surface area contributed by atoms with Crippen LogP contribution in [-0.4, -0.2) is 48.4 Å². The van der Waals surface area contributed by atoms with Crippen molar-refractivity contribution in [2.45, 2.75) is 13.3 Å². The molecule has 0 saturated carbocycles. The van der Waals surface area contributed by atoms with Crippen molar-refractivity contribution < 1.29 is 9.47 Å². The molecule has 0 atom stereocenters. The van der Waals surface area contributed by atoms with Crippen molar-refractivity contribution in [1.29, 1.82) is 0 Å². The molecule has 28 heavy (non-hydrogen) atoms. The van der Waals surface area contributed by atoms with Gasteiger partial charge in [-0.05, 0) is 18.6 Å². The Morgan fingerprint density at radius 2 is 2.14 bits per heavy atom. The predicted octanol–water partition coefficient (Wildman–Crippen LogP) is 3.27. The molecule has 0 amide bonds. The van der Waals surface area contributed by atoms with Crippen LogP contribution in [0, 0.1) is 0 Å². The molecule has 0 aliphatic carbocycles. The van der Waals surface area contributed by atoms with Crippen LogP contribution in [-0.2, 0) is 11.2 Å². The maximum atomic E-state index is 6.10. The van der Waals surface area contributed by atoms with Crippen molar-refractivity contribution in [2.75, 3.05) is 49.4 Å². The highest BCUT2D eigenvalue weighted by Crippen LogP contribution is 2.34. The maximum Gasteiger partial charge on any atom is 0.207 e. The van der Waals surface area contributed by atoms with Gasteiger partial charge in [-0.3, -0.25) is 0 Å². The molecule has 4 rings (SSSR count). The Bertz CT molecular complexity index is 948. The molecule has 8 nitrogen and oxygen atoms in total. The zero-order chi connectivity index (χ0) is 19.5. The molecule has 1 aliphatic rings. The van der Waals surface area contributed by atoms with E-state index >= 15 is 0 Å². The minimum Gasteiger partial charge on any atom is -0.494 e. The lowest BCUT2D eigenvalue weighted by Crippen LogP contribution is -2.36. The number of benzene rings is 1. The third-order valence-corrected chi connectivity index (χ3v) is 5.58. The van der Waals surface area contributed by atoms with Gasteiger partial charge in [0.2, 0.25) is 5.95 Å². The van der Waals surface area contributed by atoms with Gasteiger partial charge >= 0.3 is 0 Å². The van der Waals surface area contributed by atoms with E-state index in [0.717, 1.165) is 66.2 Å². The average Bonchev–Trinajstić information content (AvgIpc) is 3.35. The highest BCUT2D eigenvalue weighted by Gasteiger charge is 2.16. The number of nitrogen functional groups attached to an aromatic ring is 1. The van der Waals surface area contributed by atoms with E-state index in [1.807, 2.05) is 17.5 Å². The molecule has 1 aliphatic heterocycles. The van der Waals surface area contributed by atoms with Crippen LogP contribution >= 0.6 is 11.3 Å². The van der Waals surface area contributed by atoms with Gasteiger partial charge in [0.05, 0.1) is 31.7 Å². The van der Waals surface area contributed by atoms with Gasteiger partial charge in [-0.2, -0.15) is 4.98 Å². The Labute approximate surface area is 167 Å². The second kappa shape index (κ2) is 8.07. The molecule has 1 aromatic carbocycles. The number of methoxy groups -OCH3 is 1. The lowest BCUT2D eigenvalue weighted by molar-refractivity contribution is 0.122. The number of H-pyrrole nitrogens is 1. The number of nitrogens with one attached hydrogen (secondary N) is 2. The highest BCUT2D eigenvalue weighted by molar-refractivity contribution is 7.13. The Kier molecular flexibility index (Phi) is 5.36. The van der Waals surface area contributed by atoms with E-state index in [9.17, 15) is 0 Å². The fraction of sp³-hybridized carbons (Fsp3) is 0.368. The molecule has 4 N–H and O–H groups in total. The number of aryl methyl sites for hydroxylation is 1. The molecule has 0 radical (unpaired) electrons. The Morgan fingerprint density at radius 3 is 2.86 bits per heavy atom. The second-order valence-electron chi connectivity index (χ2n) is 6.45. The molecule has 1 saturated heterocycles. The number of nitrogens with two attached hydrogens (primary N) is 1. The number of hydrogen-bond acceptors (Lipinski definition) is 8. The molecule has 148 valence electrons. The molecule has 0 unspecified atom stereocenters. The van der Waals surface area contributed by atoms with Crippen LogP contribution in [0.25, 0.3) is 10.7 Å². The standard InChI is InChI=1S/C19H24N6O2S/c1-3-12-11-28-18(21-12)16-17(20)24-19(23-16)22-14-5-4-13(10-15(14)26-2)25-6-8-27-9-7-25/h4-5,10-11H,3,6-9,20H2,1-2H3,(H2,22,23,24). The van der Waals surface area contributed by atoms with E-state index in [4.69, 9.17) is 15.2 Å². The third kappa shape index (κ3) is 3.76. The van der Waals surface area contributed by atoms with Crippen LogP contribution in [0.1, 0.15) is 12.6 Å². The Balaban J connectivity index is 1.56. The van der Waals surface area contributed by atoms with Crippen molar-refractivity contribution in [2.24, 2.45) is 0 Å². The summed E-state index contributed by atoms with van der Waals surface area (Å²) in [5, 5.41) is 6.14. The quantitative estimate of drug-likeness (QED) is 0.584. The summed E-state index contributed by atoms with van der Waals surface area (Å²) in [7, 11) is 1.66. The minimum absolute atomic E-state index is 0.420. The molecular formula is C19H24N6O2S. The van der Waals surface area contributed by atoms with Gasteiger partial charge in [0.1, 0.15) is 16.5 Å². The number of anilines is 4. The molecule has 9 heteroatoms. The Hall–Kier alpha value is -2.78. The SMILES string of the molecule is CCc1csc(-c2[nH]c(Nc3ccc(N4CCOCC4)cc3OC)nc2N)n1. The van der Waals surface area contributed by atoms with E-state index < -0.39 is 0 Å². The zero-order valence-electron chi connectivity index (χ0n) is 16.0. The van der Waals surface area contributed by atoms with Gasteiger partial charge in [-0.15, -0.1) is 11.3 Å². The van der Waals surface area contributed by atoms with Crippen LogP contribution < -0.4 is 20.7 Å². The van der Waals surface area contributed by atoms with Gasteiger partial charge in [0.15, 0.2) is 5.82 Å². The number of nitrogens with zero attached hydrogens (tertiary/aromatic N) is 3. The maximum absolute atomic E-state index is 6.10. The lowest BCUT2D eigenvalue weighted by Gasteiger charge is -2.29. The first-order valence-electron chi connectivity index (χ1n) is 9.26. The number of aromatic amines is 1. The van der Waals surface area contributed by atoms with E-state index in [-0.39, 0.29) is 0 Å². The lowest BCUT2D eigenvalue weighted by atomic mass is 10.2. The molecular weight excluding hydrogens is 376 g/mol. The largest absolute Gasteiger partial charge is 0.494 e. The van der Waals surface area contributed by atoms with Crippen molar-refractivity contribution in [3.8, 4) is 16.5 Å². The van der Waals surface area contributed by atoms with Crippen LogP contribution in [0.15, 0.2) is 23.6 Å². The third-order valence-electron chi connectivity index (χ3n) is 4.67. The monoisotopic (exact) mass is 400 g/mol. The van der Waals surface area contributed by atoms with Crippen LogP contribution in [0.4, 0.5) is 23.1 Å². The summed E-state index contributed by atoms with van der Waals surface area (Å²) in [6, 6.07) is 6.08. The number of imidazole rings is 1. The number of ether oxygens (including phenoxy) is 2. The van der Waals surface area contributed by atoms with Crippen LogP contribution in [0.5, 0.6) is 5.75 Å². The van der Waals surface area contributed by atoms with Crippen LogP contribution in [0.3, 0.4) is 0 Å². The number of rotatable bonds is 6. The number of hydrogen-bond donors (Lipinski definition) is 3. The van der Waals surface area contributed by atoms with Gasteiger partial charge in [-0.1, -0.05) is 6.92 Å². The first kappa shape index (κ1) is 18.6. The van der Waals surface area contributed by atoms with Gasteiger partial charge in [-0.25, -0.2) is 4.98 Å². The van der Waals surface area contributed by atoms with Crippen molar-refractivity contribution >= 4 is 34.5 Å². The molecule has 2 aromatic heterocycles. The summed E-state index contributed by atoms with van der Waals surface area (Å²) in [6.07, 6.45) is 0.891. The first-order chi connectivity index (χ1) is 13.7. The zero-order valence-corrected chi connectivity index (χ0v) is 16.8. The summed E-state index contributed by atoms with van der Waals surface area (Å²) in [4.78, 5) is 14.5. The average molecular weight is 401 g/mol. The fourth-order valence-corrected chi connectivity index (χ4v) is 4.03. The summed E-state index contributed by atoms with van der Waals surface area (Å²) < 4.78 is 11.0. The van der Waals surface area contributed by atoms with E-state index in [2.05, 4.69) is 38.2 Å². The fourth-order valence-electron chi connectivity index (χ4n) is 3.12. The number of thiazole rings is 1. The highest BCUT2D eigenvalue weighted by atomic mass is 32.1. The summed E-state index contributed by atoms with van der Waals surface area (Å²) >= 11 is 1.56. The second-order valence-corrected chi connectivity index (χ2v) is 7.31. The number of morpholine rings is 1. The molecule has 1 fully saturated rings. The van der Waals surface area contributed by atoms with Crippen molar-refractivity contribution in [1.82, 2.24) is 15.0 Å². The normalized spacial score (nSPS) is 14.3. The summed E-state index contributed by atoms with van der Waals surface area (Å²) in [5.41, 5.74) is 9.81. The van der Waals surface area contributed by atoms with Crippen LogP contribution in [0.2, 0.25) is 0 Å². The molecule has 0 spiro atoms. The van der Waals surface area contributed by atoms with Gasteiger partial charge in [0, 0.05) is 30.2 Å². The van der Waals surface area contributed by atoms with Crippen molar-refractivity contribution in [3.05, 3.63) is 29.3 Å². The van der Waals surface area contributed by atoms with Gasteiger partial charge in [0.25, 0.3) is 0 Å². The van der Waals surface area contributed by atoms with E-state index in [1.165, 1.54) is 0 Å². The van der Waals surface area contributed by atoms with Gasteiger partial charge < -0.3 is 30.4 Å². The van der Waals surface area contributed by atoms with E-state index in [1.54, 1.807) is 18.4 Å². The van der Waals surface area contributed by atoms with E-state index in [0.29, 0.717) is 11.8 Å². The molecule has 3 heterocycles. The summed E-state index contributed by atoms with van der Waals surface area (Å²) in [6.45, 7) is 5.32. The van der Waals surface area contributed by atoms with Crippen molar-refractivity contribution in [3.63, 3.8) is 0 Å². The Morgan fingerprint density at radius 1 is 1.32 bits per heavy atom. The molecule has 0 bridgehead atoms. The summed E-state index contributed by atoms with van der Waals surface area (Å²) in [5.74, 6) is 1.71.